The molecule has 3 rings (SSSR count). The monoisotopic (exact) mass is 162 g/mol. The van der Waals surface area contributed by atoms with Crippen molar-refractivity contribution in [1.29, 1.82) is 0 Å². The van der Waals surface area contributed by atoms with Gasteiger partial charge in [-0.3, -0.25) is 0 Å². The Hall–Kier alpha value is -0.260. The fourth-order valence-corrected chi connectivity index (χ4v) is 3.76. The molecule has 0 saturated heterocycles. The minimum absolute atomic E-state index is 1.05. The summed E-state index contributed by atoms with van der Waals surface area (Å²) in [5, 5.41) is 0. The highest BCUT2D eigenvalue weighted by Crippen LogP contribution is 2.50. The van der Waals surface area contributed by atoms with Gasteiger partial charge in [0.1, 0.15) is 0 Å². The lowest BCUT2D eigenvalue weighted by Gasteiger charge is -2.33. The van der Waals surface area contributed by atoms with Crippen LogP contribution in [0, 0.1) is 11.8 Å². The van der Waals surface area contributed by atoms with Gasteiger partial charge >= 0.3 is 0 Å². The van der Waals surface area contributed by atoms with Gasteiger partial charge in [0.15, 0.2) is 0 Å². The summed E-state index contributed by atoms with van der Waals surface area (Å²) in [6.07, 6.45) is 12.0. The van der Waals surface area contributed by atoms with Crippen LogP contribution in [0.5, 0.6) is 0 Å². The van der Waals surface area contributed by atoms with Gasteiger partial charge in [-0.25, -0.2) is 0 Å². The summed E-state index contributed by atoms with van der Waals surface area (Å²) in [6, 6.07) is 0. The molecule has 0 heterocycles. The van der Waals surface area contributed by atoms with Crippen molar-refractivity contribution < 1.29 is 0 Å². The molecule has 66 valence electrons. The molecule has 3 aliphatic rings. The van der Waals surface area contributed by atoms with E-state index in [4.69, 9.17) is 0 Å². The third-order valence-electron chi connectivity index (χ3n) is 4.22. The molecule has 0 heteroatoms. The van der Waals surface area contributed by atoms with Crippen molar-refractivity contribution in [2.24, 2.45) is 11.8 Å². The molecule has 2 atom stereocenters. The Morgan fingerprint density at radius 1 is 0.750 bits per heavy atom. The van der Waals surface area contributed by atoms with Crippen LogP contribution in [0.1, 0.15) is 51.4 Å². The van der Waals surface area contributed by atoms with Crippen LogP contribution in [0.25, 0.3) is 0 Å². The maximum absolute atomic E-state index is 1.97. The average molecular weight is 162 g/mol. The normalized spacial score (nSPS) is 40.0. The molecule has 1 fully saturated rings. The molecule has 0 N–H and O–H groups in total. The second-order valence-electron chi connectivity index (χ2n) is 4.81. The Morgan fingerprint density at radius 2 is 1.50 bits per heavy atom. The van der Waals surface area contributed by atoms with Crippen LogP contribution in [0.15, 0.2) is 11.1 Å². The van der Waals surface area contributed by atoms with E-state index in [0.29, 0.717) is 0 Å². The number of hydrogen-bond donors (Lipinski definition) is 0. The summed E-state index contributed by atoms with van der Waals surface area (Å²) in [5.41, 5.74) is 3.86. The summed E-state index contributed by atoms with van der Waals surface area (Å²) >= 11 is 0. The zero-order valence-electron chi connectivity index (χ0n) is 7.81. The first-order valence-electron chi connectivity index (χ1n) is 5.67. The van der Waals surface area contributed by atoms with Gasteiger partial charge in [0.25, 0.3) is 0 Å². The van der Waals surface area contributed by atoms with Crippen molar-refractivity contribution in [1.82, 2.24) is 0 Å². The number of hydrogen-bond acceptors (Lipinski definition) is 0. The van der Waals surface area contributed by atoms with Crippen molar-refractivity contribution >= 4 is 0 Å². The molecule has 2 unspecified atom stereocenters. The number of allylic oxidation sites excluding steroid dienone is 2. The highest BCUT2D eigenvalue weighted by molar-refractivity contribution is 5.28. The van der Waals surface area contributed by atoms with Gasteiger partial charge in [-0.1, -0.05) is 17.6 Å². The first kappa shape index (κ1) is 7.17. The molecule has 0 aromatic heterocycles. The van der Waals surface area contributed by atoms with Gasteiger partial charge in [0.05, 0.1) is 0 Å². The van der Waals surface area contributed by atoms with Gasteiger partial charge in [-0.15, -0.1) is 0 Å². The molecule has 12 heavy (non-hydrogen) atoms. The standard InChI is InChI=1S/C12H18/c1-3-9-4-2-6-11-8-7-10(5-1)12(9)11/h9-10H,1-8H2. The predicted molar refractivity (Wildman–Crippen MR) is 50.9 cm³/mol. The van der Waals surface area contributed by atoms with E-state index in [2.05, 4.69) is 0 Å². The lowest BCUT2D eigenvalue weighted by molar-refractivity contribution is 0.343. The maximum Gasteiger partial charge on any atom is -0.0195 e. The van der Waals surface area contributed by atoms with Crippen LogP contribution in [0.4, 0.5) is 0 Å². The van der Waals surface area contributed by atoms with Crippen LogP contribution < -0.4 is 0 Å². The van der Waals surface area contributed by atoms with Crippen molar-refractivity contribution in [2.75, 3.05) is 0 Å². The van der Waals surface area contributed by atoms with Gasteiger partial charge in [0, 0.05) is 0 Å². The SMILES string of the molecule is C1CC2=C3C(C1)CCCC3CC2. The molecule has 0 aromatic carbocycles. The quantitative estimate of drug-likeness (QED) is 0.477. The molecular formula is C12H18. The Balaban J connectivity index is 1.98. The molecule has 0 nitrogen and oxygen atoms in total. The number of rotatable bonds is 0. The van der Waals surface area contributed by atoms with Crippen molar-refractivity contribution in [2.45, 2.75) is 51.4 Å². The van der Waals surface area contributed by atoms with Crippen molar-refractivity contribution in [3.63, 3.8) is 0 Å². The predicted octanol–water partition coefficient (Wildman–Crippen LogP) is 3.68. The van der Waals surface area contributed by atoms with E-state index in [9.17, 15) is 0 Å². The topological polar surface area (TPSA) is 0 Å². The first-order chi connectivity index (χ1) is 5.95. The van der Waals surface area contributed by atoms with E-state index >= 15 is 0 Å². The average Bonchev–Trinajstić information content (AvgIpc) is 2.52. The molecule has 0 bridgehead atoms. The van der Waals surface area contributed by atoms with Crippen LogP contribution in [0.3, 0.4) is 0 Å². The molecule has 0 radical (unpaired) electrons. The second kappa shape index (κ2) is 2.61. The molecular weight excluding hydrogens is 144 g/mol. The fourth-order valence-electron chi connectivity index (χ4n) is 3.76. The maximum atomic E-state index is 1.97. The third kappa shape index (κ3) is 0.901. The zero-order valence-corrected chi connectivity index (χ0v) is 7.81. The molecule has 0 amide bonds. The Morgan fingerprint density at radius 3 is 2.42 bits per heavy atom. The summed E-state index contributed by atoms with van der Waals surface area (Å²) in [6.45, 7) is 0. The fraction of sp³-hybridized carbons (Fsp3) is 0.833. The summed E-state index contributed by atoms with van der Waals surface area (Å²) in [7, 11) is 0. The minimum atomic E-state index is 1.05. The van der Waals surface area contributed by atoms with Crippen LogP contribution in [-0.2, 0) is 0 Å². The highest BCUT2D eigenvalue weighted by Gasteiger charge is 2.35. The first-order valence-corrected chi connectivity index (χ1v) is 5.67. The van der Waals surface area contributed by atoms with Gasteiger partial charge in [0.2, 0.25) is 0 Å². The van der Waals surface area contributed by atoms with Crippen LogP contribution in [0.2, 0.25) is 0 Å². The highest BCUT2D eigenvalue weighted by atomic mass is 14.4. The van der Waals surface area contributed by atoms with E-state index in [1.807, 2.05) is 11.1 Å². The van der Waals surface area contributed by atoms with E-state index < -0.39 is 0 Å². The smallest absolute Gasteiger partial charge is 0.0195 e. The van der Waals surface area contributed by atoms with Gasteiger partial charge < -0.3 is 0 Å². The minimum Gasteiger partial charge on any atom is -0.0704 e. The second-order valence-corrected chi connectivity index (χ2v) is 4.81. The summed E-state index contributed by atoms with van der Waals surface area (Å²) in [5.74, 6) is 2.11. The lowest BCUT2D eigenvalue weighted by Crippen LogP contribution is -2.19. The molecule has 0 aliphatic heterocycles. The molecule has 0 aromatic rings. The zero-order chi connectivity index (χ0) is 7.97. The molecule has 3 aliphatic carbocycles. The van der Waals surface area contributed by atoms with E-state index in [1.165, 1.54) is 51.4 Å². The van der Waals surface area contributed by atoms with Gasteiger partial charge in [-0.2, -0.15) is 0 Å². The van der Waals surface area contributed by atoms with Crippen molar-refractivity contribution in [3.05, 3.63) is 11.1 Å². The lowest BCUT2D eigenvalue weighted by atomic mass is 9.72. The van der Waals surface area contributed by atoms with E-state index in [1.54, 1.807) is 0 Å². The van der Waals surface area contributed by atoms with Crippen LogP contribution >= 0.6 is 0 Å². The summed E-state index contributed by atoms with van der Waals surface area (Å²) in [4.78, 5) is 0. The van der Waals surface area contributed by atoms with Crippen molar-refractivity contribution in [3.8, 4) is 0 Å². The Labute approximate surface area is 75.0 Å². The largest absolute Gasteiger partial charge is 0.0704 e. The third-order valence-corrected chi connectivity index (χ3v) is 4.22. The Kier molecular flexibility index (Phi) is 1.56. The molecule has 0 spiro atoms. The van der Waals surface area contributed by atoms with E-state index in [-0.39, 0.29) is 0 Å². The Bertz CT molecular complexity index is 224. The summed E-state index contributed by atoms with van der Waals surface area (Å²) < 4.78 is 0. The molecule has 1 saturated carbocycles. The van der Waals surface area contributed by atoms with E-state index in [0.717, 1.165) is 11.8 Å². The van der Waals surface area contributed by atoms with Gasteiger partial charge in [-0.05, 0) is 56.8 Å². The van der Waals surface area contributed by atoms with Crippen LogP contribution in [-0.4, -0.2) is 0 Å².